The van der Waals surface area contributed by atoms with Crippen LogP contribution in [0.5, 0.6) is 0 Å². The fourth-order valence-electron chi connectivity index (χ4n) is 2.14. The van der Waals surface area contributed by atoms with Crippen molar-refractivity contribution >= 4 is 33.9 Å². The van der Waals surface area contributed by atoms with E-state index in [0.29, 0.717) is 10.3 Å². The minimum absolute atomic E-state index is 0. The Hall–Kier alpha value is -2.98. The van der Waals surface area contributed by atoms with Crippen LogP contribution in [0.3, 0.4) is 0 Å². The molecular weight excluding hydrogens is 410 g/mol. The van der Waals surface area contributed by atoms with Gasteiger partial charge in [0.15, 0.2) is 0 Å². The van der Waals surface area contributed by atoms with E-state index >= 15 is 0 Å². The maximum atomic E-state index is 12.5. The van der Waals surface area contributed by atoms with E-state index in [2.05, 4.69) is 26.2 Å². The fourth-order valence-corrected chi connectivity index (χ4v) is 2.50. The molecule has 0 radical (unpaired) electrons. The molecule has 0 fully saturated rings. The molecule has 0 aliphatic carbocycles. The van der Waals surface area contributed by atoms with Crippen molar-refractivity contribution in [3.05, 3.63) is 70.0 Å². The van der Waals surface area contributed by atoms with Gasteiger partial charge in [-0.15, -0.1) is 0 Å². The van der Waals surface area contributed by atoms with Gasteiger partial charge >= 0.3 is 5.97 Å². The average Bonchev–Trinajstić information content (AvgIpc) is 2.63. The van der Waals surface area contributed by atoms with Crippen LogP contribution in [0.2, 0.25) is 0 Å². The zero-order valence-electron chi connectivity index (χ0n) is 14.0. The lowest BCUT2D eigenvalue weighted by molar-refractivity contribution is -0.142. The van der Waals surface area contributed by atoms with Crippen molar-refractivity contribution in [2.75, 3.05) is 6.61 Å². The molecule has 0 aliphatic rings. The number of benzene rings is 1. The van der Waals surface area contributed by atoms with Crippen molar-refractivity contribution in [3.8, 4) is 6.07 Å². The van der Waals surface area contributed by atoms with Crippen molar-refractivity contribution in [2.45, 2.75) is 20.4 Å². The zero-order valence-corrected chi connectivity index (χ0v) is 15.6. The molecule has 0 spiro atoms. The van der Waals surface area contributed by atoms with Gasteiger partial charge in [-0.05, 0) is 39.7 Å². The number of ether oxygens (including phenoxy) is 1. The molecule has 1 amide bonds. The van der Waals surface area contributed by atoms with Gasteiger partial charge < -0.3 is 10.1 Å². The standard InChI is InChI=1S/C19H16BrN3O3.CH4/c1-13(24)26-12-17(14-6-3-2-4-7-14)23-19(25)15(11-21)10-16-8-5-9-18(20)22-16;/h2-10,17H,12H2,1H3,(H,23,25);1H4/b15-10+;/t17-;/m0./s1. The SMILES string of the molecule is C.CC(=O)OC[C@H](NC(=O)/C(C#N)=C/c1cccc(Br)n1)c1ccccc1. The lowest BCUT2D eigenvalue weighted by Crippen LogP contribution is -2.32. The highest BCUT2D eigenvalue weighted by Crippen LogP contribution is 2.15. The number of nitrogens with one attached hydrogen (secondary N) is 1. The number of pyridine rings is 1. The van der Waals surface area contributed by atoms with Gasteiger partial charge in [-0.25, -0.2) is 4.98 Å². The first-order valence-corrected chi connectivity index (χ1v) is 8.52. The minimum atomic E-state index is -0.574. The van der Waals surface area contributed by atoms with Gasteiger partial charge in [0, 0.05) is 6.92 Å². The third-order valence-electron chi connectivity index (χ3n) is 3.35. The quantitative estimate of drug-likeness (QED) is 0.326. The molecule has 0 saturated heterocycles. The lowest BCUT2D eigenvalue weighted by atomic mass is 10.1. The maximum Gasteiger partial charge on any atom is 0.302 e. The summed E-state index contributed by atoms with van der Waals surface area (Å²) in [6.07, 6.45) is 1.40. The number of esters is 1. The van der Waals surface area contributed by atoms with E-state index < -0.39 is 17.9 Å². The number of nitrogens with zero attached hydrogens (tertiary/aromatic N) is 2. The van der Waals surface area contributed by atoms with E-state index in [-0.39, 0.29) is 19.6 Å². The van der Waals surface area contributed by atoms with Crippen LogP contribution in [0.1, 0.15) is 31.6 Å². The highest BCUT2D eigenvalue weighted by atomic mass is 79.9. The summed E-state index contributed by atoms with van der Waals surface area (Å²) >= 11 is 3.24. The van der Waals surface area contributed by atoms with E-state index in [4.69, 9.17) is 4.74 Å². The van der Waals surface area contributed by atoms with Crippen molar-refractivity contribution in [1.29, 1.82) is 5.26 Å². The van der Waals surface area contributed by atoms with Crippen molar-refractivity contribution < 1.29 is 14.3 Å². The van der Waals surface area contributed by atoms with Gasteiger partial charge in [-0.2, -0.15) is 5.26 Å². The van der Waals surface area contributed by atoms with Crippen LogP contribution in [-0.4, -0.2) is 23.5 Å². The Kier molecular flexibility index (Phi) is 8.90. The molecule has 0 unspecified atom stereocenters. The van der Waals surface area contributed by atoms with E-state index in [1.54, 1.807) is 30.3 Å². The number of hydrogen-bond donors (Lipinski definition) is 1. The third kappa shape index (κ3) is 7.04. The summed E-state index contributed by atoms with van der Waals surface area (Å²) in [6.45, 7) is 1.27. The molecule has 1 atom stereocenters. The first kappa shape index (κ1) is 22.1. The Morgan fingerprint density at radius 3 is 2.56 bits per heavy atom. The van der Waals surface area contributed by atoms with Crippen molar-refractivity contribution in [2.24, 2.45) is 0 Å². The second kappa shape index (κ2) is 10.9. The molecule has 1 aromatic carbocycles. The highest BCUT2D eigenvalue weighted by Gasteiger charge is 2.19. The fraction of sp³-hybridized carbons (Fsp3) is 0.200. The predicted molar refractivity (Wildman–Crippen MR) is 106 cm³/mol. The van der Waals surface area contributed by atoms with Gasteiger partial charge in [0.25, 0.3) is 5.91 Å². The first-order valence-electron chi connectivity index (χ1n) is 7.73. The predicted octanol–water partition coefficient (Wildman–Crippen LogP) is 3.81. The monoisotopic (exact) mass is 429 g/mol. The van der Waals surface area contributed by atoms with Crippen LogP contribution in [0.4, 0.5) is 0 Å². The number of amides is 1. The van der Waals surface area contributed by atoms with Gasteiger partial charge in [-0.3, -0.25) is 9.59 Å². The summed E-state index contributed by atoms with van der Waals surface area (Å²) in [5.41, 5.74) is 1.14. The third-order valence-corrected chi connectivity index (χ3v) is 3.80. The Morgan fingerprint density at radius 2 is 1.96 bits per heavy atom. The Morgan fingerprint density at radius 1 is 1.26 bits per heavy atom. The molecule has 140 valence electrons. The van der Waals surface area contributed by atoms with Crippen LogP contribution < -0.4 is 5.32 Å². The highest BCUT2D eigenvalue weighted by molar-refractivity contribution is 9.10. The summed E-state index contributed by atoms with van der Waals surface area (Å²) in [6, 6.07) is 15.6. The van der Waals surface area contributed by atoms with Crippen LogP contribution in [0.25, 0.3) is 6.08 Å². The molecule has 0 bridgehead atoms. The van der Waals surface area contributed by atoms with Crippen LogP contribution in [0, 0.1) is 11.3 Å². The Labute approximate surface area is 167 Å². The summed E-state index contributed by atoms with van der Waals surface area (Å²) in [7, 11) is 0. The molecule has 7 heteroatoms. The van der Waals surface area contributed by atoms with E-state index in [0.717, 1.165) is 5.56 Å². The normalized spacial score (nSPS) is 11.5. The zero-order chi connectivity index (χ0) is 18.9. The minimum Gasteiger partial charge on any atom is -0.463 e. The molecule has 27 heavy (non-hydrogen) atoms. The average molecular weight is 430 g/mol. The molecular formula is C20H20BrN3O3. The largest absolute Gasteiger partial charge is 0.463 e. The van der Waals surface area contributed by atoms with Crippen LogP contribution >= 0.6 is 15.9 Å². The van der Waals surface area contributed by atoms with Crippen molar-refractivity contribution in [3.63, 3.8) is 0 Å². The molecule has 1 N–H and O–H groups in total. The maximum absolute atomic E-state index is 12.5. The second-order valence-electron chi connectivity index (χ2n) is 5.29. The van der Waals surface area contributed by atoms with Gasteiger partial charge in [0.2, 0.25) is 0 Å². The van der Waals surface area contributed by atoms with Gasteiger partial charge in [-0.1, -0.05) is 43.8 Å². The summed E-state index contributed by atoms with van der Waals surface area (Å²) < 4.78 is 5.63. The summed E-state index contributed by atoms with van der Waals surface area (Å²) in [4.78, 5) is 27.8. The number of carbonyl (C=O) groups excluding carboxylic acids is 2. The van der Waals surface area contributed by atoms with E-state index in [9.17, 15) is 14.9 Å². The summed E-state index contributed by atoms with van der Waals surface area (Å²) in [5, 5.41) is 12.1. The number of hydrogen-bond acceptors (Lipinski definition) is 5. The van der Waals surface area contributed by atoms with Crippen LogP contribution in [-0.2, 0) is 14.3 Å². The molecule has 1 aromatic heterocycles. The first-order chi connectivity index (χ1) is 12.5. The Bertz CT molecular complexity index is 860. The van der Waals surface area contributed by atoms with E-state index in [1.807, 2.05) is 24.3 Å². The number of rotatable bonds is 6. The summed E-state index contributed by atoms with van der Waals surface area (Å²) in [5.74, 6) is -1.02. The molecule has 2 aromatic rings. The van der Waals surface area contributed by atoms with Crippen LogP contribution in [0.15, 0.2) is 58.7 Å². The molecule has 0 aliphatic heterocycles. The molecule has 6 nitrogen and oxygen atoms in total. The topological polar surface area (TPSA) is 92.1 Å². The number of aromatic nitrogens is 1. The van der Waals surface area contributed by atoms with E-state index in [1.165, 1.54) is 13.0 Å². The molecule has 2 rings (SSSR count). The number of carbonyl (C=O) groups is 2. The second-order valence-corrected chi connectivity index (χ2v) is 6.11. The van der Waals surface area contributed by atoms with Crippen molar-refractivity contribution in [1.82, 2.24) is 10.3 Å². The lowest BCUT2D eigenvalue weighted by Gasteiger charge is -2.18. The molecule has 1 heterocycles. The Balaban J connectivity index is 0.00000364. The smallest absolute Gasteiger partial charge is 0.302 e. The van der Waals surface area contributed by atoms with Gasteiger partial charge in [0.1, 0.15) is 22.9 Å². The number of nitriles is 1. The van der Waals surface area contributed by atoms with Gasteiger partial charge in [0.05, 0.1) is 11.7 Å². The number of halogens is 1. The molecule has 0 saturated carbocycles.